The lowest BCUT2D eigenvalue weighted by atomic mass is 10.00. The Morgan fingerprint density at radius 2 is 1.97 bits per heavy atom. The van der Waals surface area contributed by atoms with E-state index in [2.05, 4.69) is 16.9 Å². The van der Waals surface area contributed by atoms with Gasteiger partial charge in [-0.15, -0.1) is 0 Å². The molecule has 2 heterocycles. The number of piperidine rings is 1. The van der Waals surface area contributed by atoms with Crippen LogP contribution in [0.3, 0.4) is 0 Å². The predicted molar refractivity (Wildman–Crippen MR) is 106 cm³/mol. The van der Waals surface area contributed by atoms with Crippen molar-refractivity contribution >= 4 is 16.7 Å². The van der Waals surface area contributed by atoms with E-state index in [0.29, 0.717) is 24.8 Å². The molecule has 2 fully saturated rings. The number of fused-ring (bicyclic) bond motifs is 1. The van der Waals surface area contributed by atoms with Crippen molar-refractivity contribution in [3.63, 3.8) is 0 Å². The zero-order chi connectivity index (χ0) is 21.7. The van der Waals surface area contributed by atoms with Gasteiger partial charge in [-0.05, 0) is 38.9 Å². The van der Waals surface area contributed by atoms with Crippen LogP contribution in [0.2, 0.25) is 0 Å². The highest BCUT2D eigenvalue weighted by atomic mass is 19.3. The molecule has 0 unspecified atom stereocenters. The zero-order valence-electron chi connectivity index (χ0n) is 17.4. The molecule has 0 N–H and O–H groups in total. The molecular formula is C21H26F4N4O. The van der Waals surface area contributed by atoms with Crippen molar-refractivity contribution in [1.29, 1.82) is 0 Å². The van der Waals surface area contributed by atoms with Crippen LogP contribution < -0.4 is 9.64 Å². The Bertz CT molecular complexity index is 954. The van der Waals surface area contributed by atoms with Gasteiger partial charge in [-0.1, -0.05) is 6.92 Å². The third-order valence-electron chi connectivity index (χ3n) is 5.94. The summed E-state index contributed by atoms with van der Waals surface area (Å²) in [7, 11) is 3.45. The monoisotopic (exact) mass is 426 g/mol. The topological polar surface area (TPSA) is 41.5 Å². The zero-order valence-corrected chi connectivity index (χ0v) is 17.4. The van der Waals surface area contributed by atoms with E-state index in [9.17, 15) is 17.6 Å². The van der Waals surface area contributed by atoms with Gasteiger partial charge in [0.05, 0.1) is 5.41 Å². The first-order valence-electron chi connectivity index (χ1n) is 10.2. The highest BCUT2D eigenvalue weighted by Crippen LogP contribution is 2.60. The molecule has 2 aliphatic rings. The quantitative estimate of drug-likeness (QED) is 0.651. The maximum absolute atomic E-state index is 14.5. The summed E-state index contributed by atoms with van der Waals surface area (Å²) >= 11 is 0. The van der Waals surface area contributed by atoms with Gasteiger partial charge in [-0.3, -0.25) is 0 Å². The Hall–Kier alpha value is -2.16. The Kier molecular flexibility index (Phi) is 5.28. The Balaban J connectivity index is 1.69. The van der Waals surface area contributed by atoms with Crippen LogP contribution >= 0.6 is 0 Å². The molecule has 4 rings (SSSR count). The highest BCUT2D eigenvalue weighted by Gasteiger charge is 2.71. The van der Waals surface area contributed by atoms with Gasteiger partial charge in [0, 0.05) is 37.5 Å². The van der Waals surface area contributed by atoms with Crippen molar-refractivity contribution in [2.24, 2.45) is 11.3 Å². The third-order valence-corrected chi connectivity index (χ3v) is 5.94. The fourth-order valence-electron chi connectivity index (χ4n) is 4.37. The van der Waals surface area contributed by atoms with Crippen molar-refractivity contribution in [1.82, 2.24) is 14.9 Å². The molecule has 1 aromatic carbocycles. The average Bonchev–Trinajstić information content (AvgIpc) is 3.19. The van der Waals surface area contributed by atoms with Gasteiger partial charge < -0.3 is 14.5 Å². The summed E-state index contributed by atoms with van der Waals surface area (Å²) in [6.07, 6.45) is 1.72. The molecule has 1 aromatic heterocycles. The van der Waals surface area contributed by atoms with Crippen LogP contribution in [0, 0.1) is 23.0 Å². The minimum absolute atomic E-state index is 0.0705. The maximum atomic E-state index is 14.5. The molecule has 164 valence electrons. The van der Waals surface area contributed by atoms with E-state index in [4.69, 9.17) is 4.74 Å². The molecule has 1 aliphatic carbocycles. The Morgan fingerprint density at radius 1 is 1.23 bits per heavy atom. The van der Waals surface area contributed by atoms with Gasteiger partial charge in [0.2, 0.25) is 0 Å². The Morgan fingerprint density at radius 3 is 2.60 bits per heavy atom. The van der Waals surface area contributed by atoms with E-state index in [1.165, 1.54) is 6.07 Å². The first kappa shape index (κ1) is 21.1. The second-order valence-corrected chi connectivity index (χ2v) is 8.99. The number of nitrogens with zero attached hydrogens (tertiary/aromatic N) is 4. The second-order valence-electron chi connectivity index (χ2n) is 8.99. The van der Waals surface area contributed by atoms with E-state index in [-0.39, 0.29) is 36.5 Å². The second kappa shape index (κ2) is 7.51. The molecule has 2 atom stereocenters. The van der Waals surface area contributed by atoms with Crippen molar-refractivity contribution < 1.29 is 22.3 Å². The molecule has 0 bridgehead atoms. The van der Waals surface area contributed by atoms with Crippen LogP contribution in [0.25, 0.3) is 10.9 Å². The molecule has 9 heteroatoms. The number of alkyl halides is 2. The summed E-state index contributed by atoms with van der Waals surface area (Å²) in [6.45, 7) is 3.36. The third kappa shape index (κ3) is 3.91. The number of benzene rings is 1. The standard InChI is InChI=1S/C21H26F4N4O/c1-13-5-4-6-29(9-13)18-15-7-14(22)8-16(23)17(15)26-19(27-18)30-12-20(11-28(2)3)10-21(20,24)25/h7-8,13H,4-6,9-12H2,1-3H3/t13-,20+/m0/s1. The lowest BCUT2D eigenvalue weighted by Crippen LogP contribution is -2.35. The van der Waals surface area contributed by atoms with Crippen LogP contribution in [-0.4, -0.2) is 61.1 Å². The first-order valence-corrected chi connectivity index (χ1v) is 10.2. The van der Waals surface area contributed by atoms with Crippen LogP contribution in [0.4, 0.5) is 23.4 Å². The van der Waals surface area contributed by atoms with Crippen molar-refractivity contribution in [3.8, 4) is 6.01 Å². The lowest BCUT2D eigenvalue weighted by Gasteiger charge is -2.32. The normalized spacial score (nSPS) is 25.7. The molecule has 0 amide bonds. The molecule has 0 spiro atoms. The number of hydrogen-bond donors (Lipinski definition) is 0. The van der Waals surface area contributed by atoms with Gasteiger partial charge in [0.1, 0.15) is 23.8 Å². The molecule has 30 heavy (non-hydrogen) atoms. The van der Waals surface area contributed by atoms with Gasteiger partial charge >= 0.3 is 6.01 Å². The molecule has 1 saturated heterocycles. The SMILES string of the molecule is C[C@H]1CCCN(c2nc(OC[C@]3(CN(C)C)CC3(F)F)nc3c(F)cc(F)cc23)C1. The number of halogens is 4. The Labute approximate surface area is 173 Å². The molecule has 1 saturated carbocycles. The molecule has 5 nitrogen and oxygen atoms in total. The molecule has 2 aromatic rings. The highest BCUT2D eigenvalue weighted by molar-refractivity contribution is 5.90. The fourth-order valence-corrected chi connectivity index (χ4v) is 4.37. The van der Waals surface area contributed by atoms with Crippen LogP contribution in [0.1, 0.15) is 26.2 Å². The van der Waals surface area contributed by atoms with Gasteiger partial charge in [-0.2, -0.15) is 9.97 Å². The number of anilines is 1. The smallest absolute Gasteiger partial charge is 0.319 e. The number of hydrogen-bond acceptors (Lipinski definition) is 5. The van der Waals surface area contributed by atoms with Gasteiger partial charge in [0.15, 0.2) is 5.82 Å². The van der Waals surface area contributed by atoms with Crippen LogP contribution in [-0.2, 0) is 0 Å². The molecule has 1 aliphatic heterocycles. The minimum atomic E-state index is -2.83. The van der Waals surface area contributed by atoms with Crippen LogP contribution in [0.15, 0.2) is 12.1 Å². The van der Waals surface area contributed by atoms with E-state index < -0.39 is 23.0 Å². The first-order chi connectivity index (χ1) is 14.1. The summed E-state index contributed by atoms with van der Waals surface area (Å²) in [5.74, 6) is -3.59. The predicted octanol–water partition coefficient (Wildman–Crippen LogP) is 4.11. The summed E-state index contributed by atoms with van der Waals surface area (Å²) in [6, 6.07) is 1.80. The molecular weight excluding hydrogens is 400 g/mol. The largest absolute Gasteiger partial charge is 0.463 e. The van der Waals surface area contributed by atoms with Crippen molar-refractivity contribution in [2.75, 3.05) is 45.2 Å². The van der Waals surface area contributed by atoms with Gasteiger partial charge in [0.25, 0.3) is 5.92 Å². The van der Waals surface area contributed by atoms with Crippen molar-refractivity contribution in [2.45, 2.75) is 32.1 Å². The van der Waals surface area contributed by atoms with E-state index in [0.717, 1.165) is 18.9 Å². The summed E-state index contributed by atoms with van der Waals surface area (Å²) in [5, 5.41) is 0.258. The van der Waals surface area contributed by atoms with Crippen LogP contribution in [0.5, 0.6) is 6.01 Å². The maximum Gasteiger partial charge on any atom is 0.319 e. The summed E-state index contributed by atoms with van der Waals surface area (Å²) in [4.78, 5) is 12.1. The number of ether oxygens (including phenoxy) is 1. The van der Waals surface area contributed by atoms with E-state index in [1.807, 2.05) is 4.90 Å². The minimum Gasteiger partial charge on any atom is -0.463 e. The summed E-state index contributed by atoms with van der Waals surface area (Å²) in [5.41, 5.74) is -1.38. The molecule has 0 radical (unpaired) electrons. The number of rotatable bonds is 6. The summed E-state index contributed by atoms with van der Waals surface area (Å²) < 4.78 is 62.1. The van der Waals surface area contributed by atoms with Crippen molar-refractivity contribution in [3.05, 3.63) is 23.8 Å². The fraction of sp³-hybridized carbons (Fsp3) is 0.619. The van der Waals surface area contributed by atoms with Gasteiger partial charge in [-0.25, -0.2) is 17.6 Å². The average molecular weight is 426 g/mol. The lowest BCUT2D eigenvalue weighted by molar-refractivity contribution is 0.0288. The number of aromatic nitrogens is 2. The van der Waals surface area contributed by atoms with E-state index in [1.54, 1.807) is 19.0 Å². The van der Waals surface area contributed by atoms with E-state index >= 15 is 0 Å².